The Morgan fingerprint density at radius 1 is 0.833 bits per heavy atom. The largest absolute Gasteiger partial charge is 0.508 e. The van der Waals surface area contributed by atoms with Crippen molar-refractivity contribution >= 4 is 35.0 Å². The molecule has 2 aromatic carbocycles. The highest BCUT2D eigenvalue weighted by Gasteiger charge is 2.00. The molecule has 94 valence electrons. The maximum atomic E-state index is 9.19. The van der Waals surface area contributed by atoms with Crippen molar-refractivity contribution in [1.82, 2.24) is 0 Å². The SMILES string of the molecule is Oc1ccc(CSCc2cc(Cl)cc(Cl)c2)cc1. The molecule has 0 aromatic heterocycles. The quantitative estimate of drug-likeness (QED) is 0.844. The van der Waals surface area contributed by atoms with Gasteiger partial charge in [0.15, 0.2) is 0 Å². The summed E-state index contributed by atoms with van der Waals surface area (Å²) >= 11 is 13.7. The first-order valence-corrected chi connectivity index (χ1v) is 7.35. The number of halogens is 2. The number of thioether (sulfide) groups is 1. The van der Waals surface area contributed by atoms with E-state index in [2.05, 4.69) is 0 Å². The highest BCUT2D eigenvalue weighted by atomic mass is 35.5. The summed E-state index contributed by atoms with van der Waals surface area (Å²) in [7, 11) is 0. The first kappa shape index (κ1) is 13.6. The van der Waals surface area contributed by atoms with Gasteiger partial charge in [-0.2, -0.15) is 11.8 Å². The van der Waals surface area contributed by atoms with Gasteiger partial charge in [-0.1, -0.05) is 35.3 Å². The number of hydrogen-bond acceptors (Lipinski definition) is 2. The Morgan fingerprint density at radius 2 is 1.39 bits per heavy atom. The fourth-order valence-corrected chi connectivity index (χ4v) is 3.08. The third-order valence-corrected chi connectivity index (χ3v) is 3.91. The van der Waals surface area contributed by atoms with Crippen LogP contribution >= 0.6 is 35.0 Å². The summed E-state index contributed by atoms with van der Waals surface area (Å²) in [5.41, 5.74) is 2.31. The lowest BCUT2D eigenvalue weighted by Gasteiger charge is -2.04. The van der Waals surface area contributed by atoms with Crippen LogP contribution in [0, 0.1) is 0 Å². The van der Waals surface area contributed by atoms with Crippen LogP contribution in [-0.2, 0) is 11.5 Å². The minimum Gasteiger partial charge on any atom is -0.508 e. The van der Waals surface area contributed by atoms with Crippen molar-refractivity contribution < 1.29 is 5.11 Å². The molecule has 0 amide bonds. The summed E-state index contributed by atoms with van der Waals surface area (Å²) in [6, 6.07) is 12.8. The third-order valence-electron chi connectivity index (χ3n) is 2.40. The lowest BCUT2D eigenvalue weighted by atomic mass is 10.2. The lowest BCUT2D eigenvalue weighted by Crippen LogP contribution is -1.84. The zero-order chi connectivity index (χ0) is 13.0. The van der Waals surface area contributed by atoms with Crippen molar-refractivity contribution in [2.75, 3.05) is 0 Å². The van der Waals surface area contributed by atoms with E-state index in [0.717, 1.165) is 17.1 Å². The van der Waals surface area contributed by atoms with E-state index in [9.17, 15) is 5.11 Å². The van der Waals surface area contributed by atoms with Gasteiger partial charge in [0.25, 0.3) is 0 Å². The molecule has 2 aromatic rings. The molecule has 0 saturated heterocycles. The van der Waals surface area contributed by atoms with Gasteiger partial charge in [-0.15, -0.1) is 0 Å². The Labute approximate surface area is 121 Å². The van der Waals surface area contributed by atoms with Crippen molar-refractivity contribution in [1.29, 1.82) is 0 Å². The summed E-state index contributed by atoms with van der Waals surface area (Å²) in [6.07, 6.45) is 0. The van der Waals surface area contributed by atoms with Gasteiger partial charge in [-0.05, 0) is 41.5 Å². The first-order chi connectivity index (χ1) is 8.63. The molecule has 0 spiro atoms. The molecule has 0 aliphatic heterocycles. The predicted molar refractivity (Wildman–Crippen MR) is 79.6 cm³/mol. The van der Waals surface area contributed by atoms with Gasteiger partial charge >= 0.3 is 0 Å². The van der Waals surface area contributed by atoms with E-state index in [1.54, 1.807) is 30.0 Å². The van der Waals surface area contributed by atoms with E-state index in [4.69, 9.17) is 23.2 Å². The molecule has 0 bridgehead atoms. The average molecular weight is 299 g/mol. The van der Waals surface area contributed by atoms with Gasteiger partial charge < -0.3 is 5.11 Å². The lowest BCUT2D eigenvalue weighted by molar-refractivity contribution is 0.475. The van der Waals surface area contributed by atoms with Gasteiger partial charge in [0.2, 0.25) is 0 Å². The molecular weight excluding hydrogens is 287 g/mol. The minimum atomic E-state index is 0.297. The van der Waals surface area contributed by atoms with Crippen molar-refractivity contribution in [2.24, 2.45) is 0 Å². The zero-order valence-corrected chi connectivity index (χ0v) is 11.9. The van der Waals surface area contributed by atoms with E-state index in [0.29, 0.717) is 15.8 Å². The monoisotopic (exact) mass is 298 g/mol. The van der Waals surface area contributed by atoms with Crippen LogP contribution in [0.15, 0.2) is 42.5 Å². The summed E-state index contributed by atoms with van der Waals surface area (Å²) < 4.78 is 0. The number of aromatic hydroxyl groups is 1. The van der Waals surface area contributed by atoms with Crippen molar-refractivity contribution in [3.63, 3.8) is 0 Å². The van der Waals surface area contributed by atoms with Crippen molar-refractivity contribution in [3.8, 4) is 5.75 Å². The Kier molecular flexibility index (Phi) is 4.81. The number of benzene rings is 2. The van der Waals surface area contributed by atoms with Crippen LogP contribution in [0.3, 0.4) is 0 Å². The van der Waals surface area contributed by atoms with E-state index < -0.39 is 0 Å². The molecule has 0 heterocycles. The molecule has 0 radical (unpaired) electrons. The Morgan fingerprint density at radius 3 is 2.00 bits per heavy atom. The zero-order valence-electron chi connectivity index (χ0n) is 9.57. The van der Waals surface area contributed by atoms with Crippen molar-refractivity contribution in [3.05, 3.63) is 63.6 Å². The molecule has 0 atom stereocenters. The average Bonchev–Trinajstić information content (AvgIpc) is 2.30. The van der Waals surface area contributed by atoms with E-state index in [1.165, 1.54) is 5.56 Å². The van der Waals surface area contributed by atoms with E-state index in [1.807, 2.05) is 24.3 Å². The number of phenolic OH excluding ortho intramolecular Hbond substituents is 1. The molecular formula is C14H12Cl2OS. The smallest absolute Gasteiger partial charge is 0.115 e. The second-order valence-corrected chi connectivity index (χ2v) is 5.80. The molecule has 0 fully saturated rings. The standard InChI is InChI=1S/C14H12Cl2OS/c15-12-5-11(6-13(16)7-12)9-18-8-10-1-3-14(17)4-2-10/h1-7,17H,8-9H2. The van der Waals surface area contributed by atoms with Crippen LogP contribution in [0.2, 0.25) is 10.0 Å². The topological polar surface area (TPSA) is 20.2 Å². The van der Waals surface area contributed by atoms with Gasteiger partial charge in [0.1, 0.15) is 5.75 Å². The summed E-state index contributed by atoms with van der Waals surface area (Å²) in [5.74, 6) is 2.05. The Bertz CT molecular complexity index is 506. The molecule has 0 aliphatic rings. The van der Waals surface area contributed by atoms with E-state index >= 15 is 0 Å². The van der Waals surface area contributed by atoms with Crippen LogP contribution in [0.25, 0.3) is 0 Å². The summed E-state index contributed by atoms with van der Waals surface area (Å²) in [4.78, 5) is 0. The fourth-order valence-electron chi connectivity index (χ4n) is 1.57. The van der Waals surface area contributed by atoms with Crippen LogP contribution in [0.1, 0.15) is 11.1 Å². The molecule has 4 heteroatoms. The van der Waals surface area contributed by atoms with Crippen molar-refractivity contribution in [2.45, 2.75) is 11.5 Å². The molecule has 0 saturated carbocycles. The van der Waals surface area contributed by atoms with E-state index in [-0.39, 0.29) is 0 Å². The summed E-state index contributed by atoms with van der Waals surface area (Å²) in [5, 5.41) is 10.5. The highest BCUT2D eigenvalue weighted by Crippen LogP contribution is 2.24. The maximum absolute atomic E-state index is 9.19. The molecule has 1 nitrogen and oxygen atoms in total. The number of hydrogen-bond donors (Lipinski definition) is 1. The van der Waals surface area contributed by atoms with Crippen LogP contribution < -0.4 is 0 Å². The highest BCUT2D eigenvalue weighted by molar-refractivity contribution is 7.97. The van der Waals surface area contributed by atoms with Crippen LogP contribution in [-0.4, -0.2) is 5.11 Å². The van der Waals surface area contributed by atoms with Gasteiger partial charge in [-0.25, -0.2) is 0 Å². The number of phenols is 1. The molecule has 2 rings (SSSR count). The normalized spacial score (nSPS) is 10.6. The third kappa shape index (κ3) is 4.13. The van der Waals surface area contributed by atoms with Crippen LogP contribution in [0.5, 0.6) is 5.75 Å². The maximum Gasteiger partial charge on any atom is 0.115 e. The molecule has 18 heavy (non-hydrogen) atoms. The second kappa shape index (κ2) is 6.37. The minimum absolute atomic E-state index is 0.297. The summed E-state index contributed by atoms with van der Waals surface area (Å²) in [6.45, 7) is 0. The Hall–Kier alpha value is -0.830. The molecule has 0 unspecified atom stereocenters. The van der Waals surface area contributed by atoms with Gasteiger partial charge in [-0.3, -0.25) is 0 Å². The predicted octanol–water partition coefficient (Wildman–Crippen LogP) is 5.13. The van der Waals surface area contributed by atoms with Crippen LogP contribution in [0.4, 0.5) is 0 Å². The second-order valence-electron chi connectivity index (χ2n) is 3.94. The van der Waals surface area contributed by atoms with Gasteiger partial charge in [0.05, 0.1) is 0 Å². The molecule has 0 aliphatic carbocycles. The number of rotatable bonds is 4. The Balaban J connectivity index is 1.90. The fraction of sp³-hybridized carbons (Fsp3) is 0.143. The first-order valence-electron chi connectivity index (χ1n) is 5.44. The molecule has 1 N–H and O–H groups in total. The van der Waals surface area contributed by atoms with Gasteiger partial charge in [0, 0.05) is 21.6 Å².